The summed E-state index contributed by atoms with van der Waals surface area (Å²) in [6.07, 6.45) is 1.04. The third-order valence-electron chi connectivity index (χ3n) is 3.53. The van der Waals surface area contributed by atoms with Crippen LogP contribution in [-0.4, -0.2) is 37.7 Å². The lowest BCUT2D eigenvalue weighted by Crippen LogP contribution is -2.39. The van der Waals surface area contributed by atoms with E-state index in [0.717, 1.165) is 0 Å². The number of hydrogen-bond donors (Lipinski definition) is 0. The molecule has 2 aliphatic rings. The van der Waals surface area contributed by atoms with E-state index in [2.05, 4.69) is 0 Å². The van der Waals surface area contributed by atoms with Gasteiger partial charge in [-0.2, -0.15) is 0 Å². The highest BCUT2D eigenvalue weighted by Gasteiger charge is 2.43. The molecule has 0 N–H and O–H groups in total. The molecule has 1 saturated carbocycles. The van der Waals surface area contributed by atoms with Crippen molar-refractivity contribution < 1.29 is 23.4 Å². The van der Waals surface area contributed by atoms with Gasteiger partial charge in [0.25, 0.3) is 0 Å². The molecule has 1 saturated heterocycles. The predicted octanol–water partition coefficient (Wildman–Crippen LogP) is 1.82. The minimum absolute atomic E-state index is 0.224. The van der Waals surface area contributed by atoms with Crippen molar-refractivity contribution in [3.8, 4) is 0 Å². The predicted molar refractivity (Wildman–Crippen MR) is 58.1 cm³/mol. The summed E-state index contributed by atoms with van der Waals surface area (Å²) in [5.74, 6) is -1.49. The van der Waals surface area contributed by atoms with Crippen molar-refractivity contribution in [3.63, 3.8) is 0 Å². The highest BCUT2D eigenvalue weighted by atomic mass is 19.1. The van der Waals surface area contributed by atoms with Gasteiger partial charge in [-0.05, 0) is 19.8 Å². The molecule has 1 spiro atoms. The van der Waals surface area contributed by atoms with E-state index in [1.165, 1.54) is 0 Å². The molecule has 1 aliphatic heterocycles. The maximum absolute atomic E-state index is 13.8. The van der Waals surface area contributed by atoms with Crippen LogP contribution in [0.1, 0.15) is 32.6 Å². The SMILES string of the molecule is CCOC(=O)C(F)C1CCC2(CC1)OCCO2. The fourth-order valence-electron chi connectivity index (χ4n) is 2.57. The van der Waals surface area contributed by atoms with Crippen LogP contribution in [0.15, 0.2) is 0 Å². The number of hydrogen-bond acceptors (Lipinski definition) is 4. The van der Waals surface area contributed by atoms with Crippen LogP contribution in [0.3, 0.4) is 0 Å². The molecule has 17 heavy (non-hydrogen) atoms. The van der Waals surface area contributed by atoms with Crippen LogP contribution in [0.25, 0.3) is 0 Å². The molecule has 98 valence electrons. The van der Waals surface area contributed by atoms with E-state index in [1.807, 2.05) is 0 Å². The molecule has 0 aromatic carbocycles. The first kappa shape index (κ1) is 12.8. The first-order valence-electron chi connectivity index (χ1n) is 6.25. The number of halogens is 1. The standard InChI is InChI=1S/C12H19FO4/c1-2-15-11(14)10(13)9-3-5-12(6-4-9)16-7-8-17-12/h9-10H,2-8H2,1H3. The van der Waals surface area contributed by atoms with Crippen molar-refractivity contribution in [2.45, 2.75) is 44.6 Å². The van der Waals surface area contributed by atoms with Crippen LogP contribution in [0.5, 0.6) is 0 Å². The van der Waals surface area contributed by atoms with E-state index in [9.17, 15) is 9.18 Å². The largest absolute Gasteiger partial charge is 0.464 e. The minimum Gasteiger partial charge on any atom is -0.464 e. The van der Waals surface area contributed by atoms with Gasteiger partial charge in [-0.15, -0.1) is 0 Å². The minimum atomic E-state index is -1.51. The molecule has 4 nitrogen and oxygen atoms in total. The quantitative estimate of drug-likeness (QED) is 0.712. The topological polar surface area (TPSA) is 44.8 Å². The lowest BCUT2D eigenvalue weighted by atomic mass is 9.82. The fraction of sp³-hybridized carbons (Fsp3) is 0.917. The Labute approximate surface area is 100 Å². The van der Waals surface area contributed by atoms with Crippen molar-refractivity contribution >= 4 is 5.97 Å². The number of carbonyl (C=O) groups is 1. The molecule has 2 fully saturated rings. The van der Waals surface area contributed by atoms with Crippen LogP contribution < -0.4 is 0 Å². The second-order valence-electron chi connectivity index (χ2n) is 4.60. The Bertz CT molecular complexity index is 266. The Balaban J connectivity index is 1.83. The van der Waals surface area contributed by atoms with Gasteiger partial charge in [0.2, 0.25) is 0 Å². The molecular weight excluding hydrogens is 227 g/mol. The van der Waals surface area contributed by atoms with E-state index in [4.69, 9.17) is 14.2 Å². The Morgan fingerprint density at radius 1 is 1.41 bits per heavy atom. The van der Waals surface area contributed by atoms with E-state index >= 15 is 0 Å². The zero-order valence-electron chi connectivity index (χ0n) is 10.1. The average molecular weight is 246 g/mol. The normalized spacial score (nSPS) is 26.0. The summed E-state index contributed by atoms with van der Waals surface area (Å²) in [5, 5.41) is 0. The van der Waals surface area contributed by atoms with Gasteiger partial charge in [-0.1, -0.05) is 0 Å². The molecule has 0 radical (unpaired) electrons. The van der Waals surface area contributed by atoms with Crippen molar-refractivity contribution in [1.29, 1.82) is 0 Å². The molecule has 1 atom stereocenters. The molecule has 0 bridgehead atoms. The van der Waals surface area contributed by atoms with Gasteiger partial charge in [-0.3, -0.25) is 0 Å². The molecular formula is C12H19FO4. The number of ether oxygens (including phenoxy) is 3. The summed E-state index contributed by atoms with van der Waals surface area (Å²) in [4.78, 5) is 11.3. The number of carbonyl (C=O) groups excluding carboxylic acids is 1. The van der Waals surface area contributed by atoms with Crippen LogP contribution in [0, 0.1) is 5.92 Å². The lowest BCUT2D eigenvalue weighted by Gasteiger charge is -2.35. The number of rotatable bonds is 3. The van der Waals surface area contributed by atoms with Gasteiger partial charge in [0.1, 0.15) is 0 Å². The van der Waals surface area contributed by atoms with Gasteiger partial charge in [-0.25, -0.2) is 9.18 Å². The number of esters is 1. The van der Waals surface area contributed by atoms with Crippen molar-refractivity contribution in [1.82, 2.24) is 0 Å². The Hall–Kier alpha value is -0.680. The van der Waals surface area contributed by atoms with Gasteiger partial charge < -0.3 is 14.2 Å². The lowest BCUT2D eigenvalue weighted by molar-refractivity contribution is -0.188. The summed E-state index contributed by atoms with van der Waals surface area (Å²) >= 11 is 0. The van der Waals surface area contributed by atoms with Crippen LogP contribution in [0.4, 0.5) is 4.39 Å². The molecule has 0 aromatic heterocycles. The molecule has 5 heteroatoms. The van der Waals surface area contributed by atoms with Crippen LogP contribution in [-0.2, 0) is 19.0 Å². The van der Waals surface area contributed by atoms with Crippen molar-refractivity contribution in [2.75, 3.05) is 19.8 Å². The van der Waals surface area contributed by atoms with Crippen molar-refractivity contribution in [3.05, 3.63) is 0 Å². The van der Waals surface area contributed by atoms with Gasteiger partial charge in [0, 0.05) is 18.8 Å². The summed E-state index contributed by atoms with van der Waals surface area (Å²) in [6.45, 7) is 3.13. The van der Waals surface area contributed by atoms with Crippen LogP contribution >= 0.6 is 0 Å². The van der Waals surface area contributed by atoms with Gasteiger partial charge >= 0.3 is 5.97 Å². The second kappa shape index (κ2) is 5.31. The highest BCUT2D eigenvalue weighted by molar-refractivity contribution is 5.74. The van der Waals surface area contributed by atoms with Gasteiger partial charge in [0.05, 0.1) is 19.8 Å². The van der Waals surface area contributed by atoms with Crippen molar-refractivity contribution in [2.24, 2.45) is 5.92 Å². The maximum atomic E-state index is 13.8. The smallest absolute Gasteiger partial charge is 0.341 e. The van der Waals surface area contributed by atoms with E-state index in [1.54, 1.807) is 6.92 Å². The highest BCUT2D eigenvalue weighted by Crippen LogP contribution is 2.40. The Morgan fingerprint density at radius 3 is 2.53 bits per heavy atom. The molecule has 1 unspecified atom stereocenters. The Morgan fingerprint density at radius 2 is 2.00 bits per heavy atom. The van der Waals surface area contributed by atoms with E-state index < -0.39 is 17.9 Å². The monoisotopic (exact) mass is 246 g/mol. The first-order chi connectivity index (χ1) is 8.17. The fourth-order valence-corrected chi connectivity index (χ4v) is 2.57. The summed E-state index contributed by atoms with van der Waals surface area (Å²) in [6, 6.07) is 0. The summed E-state index contributed by atoms with van der Waals surface area (Å²) < 4.78 is 29.6. The van der Waals surface area contributed by atoms with Gasteiger partial charge in [0.15, 0.2) is 12.0 Å². The molecule has 0 amide bonds. The number of alkyl halides is 1. The molecule has 2 rings (SSSR count). The van der Waals surface area contributed by atoms with Crippen LogP contribution in [0.2, 0.25) is 0 Å². The molecule has 1 aliphatic carbocycles. The molecule has 0 aromatic rings. The zero-order chi connectivity index (χ0) is 12.3. The van der Waals surface area contributed by atoms with E-state index in [0.29, 0.717) is 38.9 Å². The molecule has 1 heterocycles. The third kappa shape index (κ3) is 2.77. The average Bonchev–Trinajstić information content (AvgIpc) is 2.78. The summed E-state index contributed by atoms with van der Waals surface area (Å²) in [7, 11) is 0. The summed E-state index contributed by atoms with van der Waals surface area (Å²) in [5.41, 5.74) is 0. The first-order valence-corrected chi connectivity index (χ1v) is 6.25. The van der Waals surface area contributed by atoms with E-state index in [-0.39, 0.29) is 12.5 Å². The maximum Gasteiger partial charge on any atom is 0.341 e. The Kier molecular flexibility index (Phi) is 3.99. The third-order valence-corrected chi connectivity index (χ3v) is 3.53. The second-order valence-corrected chi connectivity index (χ2v) is 4.60. The zero-order valence-corrected chi connectivity index (χ0v) is 10.1.